The topological polar surface area (TPSA) is 86.1 Å². The molecule has 0 spiro atoms. The smallest absolute Gasteiger partial charge is 0.229 e. The molecule has 0 aliphatic rings. The van der Waals surface area contributed by atoms with E-state index in [9.17, 15) is 0 Å². The van der Waals surface area contributed by atoms with E-state index in [4.69, 9.17) is 9.47 Å². The molecule has 0 atom stereocenters. The van der Waals surface area contributed by atoms with Gasteiger partial charge in [0.25, 0.3) is 0 Å². The molecule has 8 nitrogen and oxygen atoms in total. The number of hydrogen-bond acceptors (Lipinski definition) is 7. The van der Waals surface area contributed by atoms with Gasteiger partial charge in [-0.15, -0.1) is 0 Å². The van der Waals surface area contributed by atoms with Gasteiger partial charge in [0.05, 0.1) is 19.7 Å². The summed E-state index contributed by atoms with van der Waals surface area (Å²) in [5, 5.41) is 11.9. The Kier molecular flexibility index (Phi) is 4.90. The molecule has 0 fully saturated rings. The number of methoxy groups -OCH3 is 2. The maximum absolute atomic E-state index is 5.55. The van der Waals surface area contributed by atoms with E-state index >= 15 is 0 Å². The van der Waals surface area contributed by atoms with Crippen LogP contribution < -0.4 is 20.1 Å². The van der Waals surface area contributed by atoms with Crippen LogP contribution in [0.25, 0.3) is 16.6 Å². The minimum absolute atomic E-state index is 0.515. The van der Waals surface area contributed by atoms with Crippen LogP contribution in [0.2, 0.25) is 0 Å². The van der Waals surface area contributed by atoms with Gasteiger partial charge in [-0.3, -0.25) is 0 Å². The summed E-state index contributed by atoms with van der Waals surface area (Å²) in [5.74, 6) is 2.76. The number of nitrogens with zero attached hydrogens (tertiary/aromatic N) is 4. The van der Waals surface area contributed by atoms with Gasteiger partial charge < -0.3 is 20.1 Å². The van der Waals surface area contributed by atoms with Crippen molar-refractivity contribution >= 4 is 28.4 Å². The summed E-state index contributed by atoms with van der Waals surface area (Å²) >= 11 is 0. The molecule has 2 N–H and O–H groups in total. The zero-order valence-electron chi connectivity index (χ0n) is 16.7. The lowest BCUT2D eigenvalue weighted by molar-refractivity contribution is 0.412. The summed E-state index contributed by atoms with van der Waals surface area (Å²) in [6.07, 6.45) is 1.95. The molecular formula is C21H22N6O2. The molecule has 29 heavy (non-hydrogen) atoms. The zero-order valence-corrected chi connectivity index (χ0v) is 16.7. The number of benzene rings is 2. The molecule has 0 aliphatic carbocycles. The molecule has 4 rings (SSSR count). The number of anilines is 3. The maximum Gasteiger partial charge on any atom is 0.229 e. The van der Waals surface area contributed by atoms with Crippen molar-refractivity contribution in [1.29, 1.82) is 0 Å². The lowest BCUT2D eigenvalue weighted by Gasteiger charge is -2.12. The Bertz CT molecular complexity index is 1170. The number of nitrogens with one attached hydrogen (secondary N) is 2. The largest absolute Gasteiger partial charge is 0.497 e. The van der Waals surface area contributed by atoms with Crippen molar-refractivity contribution in [3.8, 4) is 17.2 Å². The minimum Gasteiger partial charge on any atom is -0.497 e. The molecule has 0 aliphatic heterocycles. The molecular weight excluding hydrogens is 368 g/mol. The average molecular weight is 390 g/mol. The number of hydrogen-bond donors (Lipinski definition) is 2. The van der Waals surface area contributed by atoms with E-state index in [-0.39, 0.29) is 0 Å². The highest BCUT2D eigenvalue weighted by Gasteiger charge is 2.11. The van der Waals surface area contributed by atoms with Crippen molar-refractivity contribution < 1.29 is 9.47 Å². The van der Waals surface area contributed by atoms with Crippen LogP contribution in [0.4, 0.5) is 17.5 Å². The Labute approximate surface area is 168 Å². The number of rotatable bonds is 6. The summed E-state index contributed by atoms with van der Waals surface area (Å²) in [7, 11) is 5.12. The van der Waals surface area contributed by atoms with E-state index in [2.05, 4.69) is 25.7 Å². The highest BCUT2D eigenvalue weighted by atomic mass is 16.5. The normalized spacial score (nSPS) is 10.8. The third-order valence-corrected chi connectivity index (χ3v) is 4.50. The van der Waals surface area contributed by atoms with Crippen molar-refractivity contribution in [2.24, 2.45) is 0 Å². The van der Waals surface area contributed by atoms with Gasteiger partial charge in [-0.2, -0.15) is 10.1 Å². The Morgan fingerprint density at radius 2 is 1.83 bits per heavy atom. The van der Waals surface area contributed by atoms with Crippen LogP contribution in [0, 0.1) is 6.92 Å². The second-order valence-corrected chi connectivity index (χ2v) is 6.48. The van der Waals surface area contributed by atoms with E-state index in [1.54, 1.807) is 18.9 Å². The van der Waals surface area contributed by atoms with Crippen LogP contribution in [0.3, 0.4) is 0 Å². The Morgan fingerprint density at radius 3 is 2.59 bits per heavy atom. The third-order valence-electron chi connectivity index (χ3n) is 4.50. The minimum atomic E-state index is 0.515. The number of fused-ring (bicyclic) bond motifs is 1. The predicted molar refractivity (Wildman–Crippen MR) is 114 cm³/mol. The molecule has 2 heterocycles. The van der Waals surface area contributed by atoms with Gasteiger partial charge in [0.2, 0.25) is 5.95 Å². The van der Waals surface area contributed by atoms with Gasteiger partial charge in [0.15, 0.2) is 0 Å². The van der Waals surface area contributed by atoms with Crippen LogP contribution in [0.15, 0.2) is 48.7 Å². The van der Waals surface area contributed by atoms with E-state index in [0.29, 0.717) is 11.7 Å². The highest BCUT2D eigenvalue weighted by Crippen LogP contribution is 2.29. The van der Waals surface area contributed by atoms with E-state index in [1.165, 1.54) is 0 Å². The van der Waals surface area contributed by atoms with Gasteiger partial charge in [-0.25, -0.2) is 9.67 Å². The fourth-order valence-electron chi connectivity index (χ4n) is 3.08. The van der Waals surface area contributed by atoms with Crippen molar-refractivity contribution in [1.82, 2.24) is 19.7 Å². The Morgan fingerprint density at radius 1 is 0.966 bits per heavy atom. The van der Waals surface area contributed by atoms with Crippen LogP contribution >= 0.6 is 0 Å². The molecule has 0 bridgehead atoms. The second-order valence-electron chi connectivity index (χ2n) is 6.48. The van der Waals surface area contributed by atoms with Crippen molar-refractivity contribution in [3.05, 3.63) is 54.4 Å². The summed E-state index contributed by atoms with van der Waals surface area (Å²) < 4.78 is 12.6. The maximum atomic E-state index is 5.55. The molecule has 2 aromatic heterocycles. The molecule has 148 valence electrons. The number of aryl methyl sites for hydroxylation is 1. The fraction of sp³-hybridized carbons (Fsp3) is 0.190. The van der Waals surface area contributed by atoms with Gasteiger partial charge in [0.1, 0.15) is 23.0 Å². The molecule has 0 saturated heterocycles. The molecule has 2 aromatic carbocycles. The quantitative estimate of drug-likeness (QED) is 0.516. The standard InChI is InChI=1S/C21H22N6O2/c1-13-9-20(22-2)25-21(23-13)24-15-5-8-19(29-4)18(11-15)27-12-14-10-16(28-3)6-7-17(14)26-27/h5-12H,1-4H3,(H2,22,23,24,25). The predicted octanol–water partition coefficient (Wildman–Crippen LogP) is 3.93. The molecule has 0 unspecified atom stereocenters. The first-order chi connectivity index (χ1) is 14.1. The molecule has 4 aromatic rings. The number of ether oxygens (including phenoxy) is 2. The first-order valence-corrected chi connectivity index (χ1v) is 9.12. The Hall–Kier alpha value is -3.81. The van der Waals surface area contributed by atoms with Crippen LogP contribution in [-0.4, -0.2) is 41.0 Å². The average Bonchev–Trinajstić information content (AvgIpc) is 3.16. The second kappa shape index (κ2) is 7.67. The SMILES string of the molecule is CNc1cc(C)nc(Nc2ccc(OC)c(-n3cc4cc(OC)ccc4n3)c2)n1. The molecule has 8 heteroatoms. The summed E-state index contributed by atoms with van der Waals surface area (Å²) in [5.41, 5.74) is 3.36. The van der Waals surface area contributed by atoms with Gasteiger partial charge in [-0.1, -0.05) is 0 Å². The summed E-state index contributed by atoms with van der Waals surface area (Å²) in [6, 6.07) is 13.4. The highest BCUT2D eigenvalue weighted by molar-refractivity contribution is 5.80. The van der Waals surface area contributed by atoms with Gasteiger partial charge in [-0.05, 0) is 43.3 Å². The number of aromatic nitrogens is 4. The monoisotopic (exact) mass is 390 g/mol. The molecule has 0 saturated carbocycles. The first-order valence-electron chi connectivity index (χ1n) is 9.12. The lowest BCUT2D eigenvalue weighted by Crippen LogP contribution is -2.04. The first kappa shape index (κ1) is 18.5. The fourth-order valence-corrected chi connectivity index (χ4v) is 3.08. The summed E-state index contributed by atoms with van der Waals surface area (Å²) in [4.78, 5) is 8.89. The third kappa shape index (κ3) is 3.77. The van der Waals surface area contributed by atoms with Crippen molar-refractivity contribution in [2.75, 3.05) is 31.9 Å². The van der Waals surface area contributed by atoms with Gasteiger partial charge in [0, 0.05) is 36.1 Å². The van der Waals surface area contributed by atoms with Crippen LogP contribution in [0.5, 0.6) is 11.5 Å². The summed E-state index contributed by atoms with van der Waals surface area (Å²) in [6.45, 7) is 1.93. The Balaban J connectivity index is 1.73. The van der Waals surface area contributed by atoms with E-state index in [1.807, 2.05) is 62.6 Å². The van der Waals surface area contributed by atoms with E-state index in [0.717, 1.165) is 39.5 Å². The van der Waals surface area contributed by atoms with Crippen molar-refractivity contribution in [2.45, 2.75) is 6.92 Å². The van der Waals surface area contributed by atoms with E-state index < -0.39 is 0 Å². The van der Waals surface area contributed by atoms with Gasteiger partial charge >= 0.3 is 0 Å². The zero-order chi connectivity index (χ0) is 20.4. The van der Waals surface area contributed by atoms with Crippen molar-refractivity contribution in [3.63, 3.8) is 0 Å². The molecule has 0 radical (unpaired) electrons. The molecule has 0 amide bonds. The van der Waals surface area contributed by atoms with Crippen LogP contribution in [0.1, 0.15) is 5.69 Å². The van der Waals surface area contributed by atoms with Crippen LogP contribution in [-0.2, 0) is 0 Å². The lowest BCUT2D eigenvalue weighted by atomic mass is 10.2.